The van der Waals surface area contributed by atoms with Crippen LogP contribution in [0, 0.1) is 28.6 Å². The Labute approximate surface area is 271 Å². The lowest BCUT2D eigenvalue weighted by atomic mass is 9.50. The topological polar surface area (TPSA) is 59.0 Å². The monoisotopic (exact) mass is 612 g/mol. The van der Waals surface area contributed by atoms with Crippen LogP contribution in [-0.2, 0) is 0 Å². The van der Waals surface area contributed by atoms with E-state index in [1.807, 2.05) is 0 Å². The Morgan fingerprint density at radius 1 is 0.844 bits per heavy atom. The molecule has 45 heavy (non-hydrogen) atoms. The van der Waals surface area contributed by atoms with Gasteiger partial charge < -0.3 is 19.8 Å². The van der Waals surface area contributed by atoms with Gasteiger partial charge in [0.05, 0.1) is 5.60 Å². The fraction of sp³-hybridized carbons (Fsp3) is 0.737. The Balaban J connectivity index is 0.933. The van der Waals surface area contributed by atoms with E-state index in [1.165, 1.54) is 38.5 Å². The average molecular weight is 613 g/mol. The number of aromatic nitrogens is 2. The van der Waals surface area contributed by atoms with E-state index in [4.69, 9.17) is 9.97 Å². The van der Waals surface area contributed by atoms with Gasteiger partial charge in [-0.25, -0.2) is 0 Å². The Morgan fingerprint density at radius 3 is 2.22 bits per heavy atom. The molecule has 1 aromatic rings. The summed E-state index contributed by atoms with van der Waals surface area (Å²) in [6, 6.07) is 2.25. The maximum Gasteiger partial charge on any atom is 0.229 e. The predicted molar refractivity (Wildman–Crippen MR) is 184 cm³/mol. The summed E-state index contributed by atoms with van der Waals surface area (Å²) in [4.78, 5) is 20.1. The first-order chi connectivity index (χ1) is 21.8. The van der Waals surface area contributed by atoms with Crippen molar-refractivity contribution in [2.75, 3.05) is 73.6 Å². The summed E-state index contributed by atoms with van der Waals surface area (Å²) in [5, 5.41) is 12.4. The average Bonchev–Trinajstić information content (AvgIpc) is 3.83. The van der Waals surface area contributed by atoms with Gasteiger partial charge in [0.15, 0.2) is 0 Å². The Hall–Kier alpha value is -2.38. The number of rotatable bonds is 6. The largest absolute Gasteiger partial charge is 0.389 e. The minimum Gasteiger partial charge on any atom is -0.389 e. The zero-order chi connectivity index (χ0) is 30.8. The van der Waals surface area contributed by atoms with Gasteiger partial charge in [0.25, 0.3) is 0 Å². The summed E-state index contributed by atoms with van der Waals surface area (Å²) < 4.78 is 0. The molecule has 0 aromatic carbocycles. The van der Waals surface area contributed by atoms with Crippen LogP contribution in [0.15, 0.2) is 41.5 Å². The van der Waals surface area contributed by atoms with Crippen LogP contribution in [0.25, 0.3) is 0 Å². The highest BCUT2D eigenvalue weighted by Gasteiger charge is 2.61. The second-order valence-corrected chi connectivity index (χ2v) is 16.1. The van der Waals surface area contributed by atoms with Crippen LogP contribution in [0.4, 0.5) is 17.6 Å². The van der Waals surface area contributed by atoms with Gasteiger partial charge in [0.1, 0.15) is 11.6 Å². The van der Waals surface area contributed by atoms with Crippen LogP contribution in [0.3, 0.4) is 0 Å². The first-order valence-corrected chi connectivity index (χ1v) is 18.4. The lowest BCUT2D eigenvalue weighted by Crippen LogP contribution is -2.53. The van der Waals surface area contributed by atoms with Crippen molar-refractivity contribution in [3.8, 4) is 0 Å². The van der Waals surface area contributed by atoms with E-state index in [1.54, 1.807) is 11.1 Å². The minimum absolute atomic E-state index is 0.0302. The zero-order valence-electron chi connectivity index (χ0n) is 28.2. The van der Waals surface area contributed by atoms with Crippen LogP contribution in [-0.4, -0.2) is 84.5 Å². The number of fused-ring (bicyclic) bond motifs is 5. The molecule has 1 aromatic heterocycles. The van der Waals surface area contributed by atoms with Crippen molar-refractivity contribution in [3.05, 3.63) is 41.5 Å². The Bertz CT molecular complexity index is 1330. The van der Waals surface area contributed by atoms with Crippen LogP contribution in [0.5, 0.6) is 0 Å². The molecule has 3 aliphatic heterocycles. The molecule has 244 valence electrons. The van der Waals surface area contributed by atoms with E-state index >= 15 is 0 Å². The Morgan fingerprint density at radius 2 is 1.51 bits per heavy atom. The van der Waals surface area contributed by atoms with E-state index in [9.17, 15) is 5.11 Å². The van der Waals surface area contributed by atoms with Crippen molar-refractivity contribution >= 4 is 17.6 Å². The molecule has 1 N–H and O–H groups in total. The van der Waals surface area contributed by atoms with Gasteiger partial charge in [0.2, 0.25) is 5.95 Å². The van der Waals surface area contributed by atoms with Crippen LogP contribution < -0.4 is 14.7 Å². The zero-order valence-corrected chi connectivity index (χ0v) is 28.2. The SMILES string of the molecule is C[C@H]1C[C@@H]2C(=CC[C@@]3(C)[C@H]2CC[C@]3(O)CCN2CCN(c3cc(N4CCCC4)nc(N4CCCC4)n3)CC2)[C@@]2(C)C=CCC=C12. The van der Waals surface area contributed by atoms with Crippen molar-refractivity contribution in [1.29, 1.82) is 0 Å². The molecular weight excluding hydrogens is 556 g/mol. The maximum atomic E-state index is 12.4. The third-order valence-electron chi connectivity index (χ3n) is 13.7. The van der Waals surface area contributed by atoms with Crippen molar-refractivity contribution < 1.29 is 5.11 Å². The predicted octanol–water partition coefficient (Wildman–Crippen LogP) is 6.22. The van der Waals surface area contributed by atoms with Crippen molar-refractivity contribution in [3.63, 3.8) is 0 Å². The molecule has 3 saturated heterocycles. The van der Waals surface area contributed by atoms with Gasteiger partial charge in [-0.1, -0.05) is 49.3 Å². The minimum atomic E-state index is -0.582. The van der Waals surface area contributed by atoms with E-state index in [2.05, 4.69) is 70.7 Å². The normalized spacial score (nSPS) is 38.2. The number of aliphatic hydroxyl groups is 1. The molecule has 4 aliphatic carbocycles. The summed E-state index contributed by atoms with van der Waals surface area (Å²) >= 11 is 0. The van der Waals surface area contributed by atoms with E-state index in [0.717, 1.165) is 102 Å². The number of piperazine rings is 1. The molecule has 0 spiro atoms. The first kappa shape index (κ1) is 30.0. The molecule has 7 nitrogen and oxygen atoms in total. The van der Waals surface area contributed by atoms with Gasteiger partial charge in [-0.15, -0.1) is 0 Å². The van der Waals surface area contributed by atoms with Crippen LogP contribution >= 0.6 is 0 Å². The molecule has 5 fully saturated rings. The van der Waals surface area contributed by atoms with Gasteiger partial charge in [0, 0.05) is 75.8 Å². The fourth-order valence-electron chi connectivity index (χ4n) is 10.9. The summed E-state index contributed by atoms with van der Waals surface area (Å²) in [6.07, 6.45) is 21.3. The maximum absolute atomic E-state index is 12.4. The molecule has 2 saturated carbocycles. The van der Waals surface area contributed by atoms with E-state index in [0.29, 0.717) is 17.8 Å². The van der Waals surface area contributed by atoms with E-state index < -0.39 is 5.60 Å². The molecule has 7 aliphatic rings. The summed E-state index contributed by atoms with van der Waals surface area (Å²) in [5.74, 6) is 4.96. The lowest BCUT2D eigenvalue weighted by Gasteiger charge is -2.55. The smallest absolute Gasteiger partial charge is 0.229 e. The molecule has 0 radical (unpaired) electrons. The molecule has 4 heterocycles. The number of hydrogen-bond donors (Lipinski definition) is 1. The molecule has 0 unspecified atom stereocenters. The molecule has 0 amide bonds. The third-order valence-corrected chi connectivity index (χ3v) is 13.7. The number of anilines is 3. The van der Waals surface area contributed by atoms with Crippen molar-refractivity contribution in [2.45, 2.75) is 90.6 Å². The quantitative estimate of drug-likeness (QED) is 0.383. The highest BCUT2D eigenvalue weighted by molar-refractivity contribution is 5.56. The Kier molecular flexibility index (Phi) is 7.59. The van der Waals surface area contributed by atoms with Gasteiger partial charge in [-0.2, -0.15) is 9.97 Å². The second kappa shape index (κ2) is 11.4. The van der Waals surface area contributed by atoms with Crippen LogP contribution in [0.2, 0.25) is 0 Å². The molecule has 6 atom stereocenters. The fourth-order valence-corrected chi connectivity index (χ4v) is 10.9. The number of nitrogens with zero attached hydrogens (tertiary/aromatic N) is 6. The highest BCUT2D eigenvalue weighted by atomic mass is 16.3. The molecular formula is C38H56N6O. The highest BCUT2D eigenvalue weighted by Crippen LogP contribution is 2.66. The molecule has 8 rings (SSSR count). The lowest BCUT2D eigenvalue weighted by molar-refractivity contribution is -0.0908. The van der Waals surface area contributed by atoms with Gasteiger partial charge >= 0.3 is 0 Å². The standard InChI is InChI=1S/C38H56N6O/c1-28-26-29-31(36(2)13-5-4-10-30(28)36)11-14-37(3)32(29)12-15-38(37,45)16-21-41-22-24-43(25-23-41)34-27-33(42-17-6-7-18-42)39-35(40-34)44-19-8-9-20-44/h5,10-11,13,27-29,32,45H,4,6-9,12,14-26H2,1-3H3/t28-,29+,32-,36-,37-,38-/m0/s1. The van der Waals surface area contributed by atoms with Gasteiger partial charge in [-0.3, -0.25) is 4.90 Å². The van der Waals surface area contributed by atoms with E-state index in [-0.39, 0.29) is 10.8 Å². The molecule has 0 bridgehead atoms. The van der Waals surface area contributed by atoms with Gasteiger partial charge in [-0.05, 0) is 88.9 Å². The first-order valence-electron chi connectivity index (χ1n) is 18.4. The van der Waals surface area contributed by atoms with Crippen molar-refractivity contribution in [2.24, 2.45) is 28.6 Å². The summed E-state index contributed by atoms with van der Waals surface area (Å²) in [6.45, 7) is 16.7. The summed E-state index contributed by atoms with van der Waals surface area (Å²) in [7, 11) is 0. The second-order valence-electron chi connectivity index (χ2n) is 16.1. The van der Waals surface area contributed by atoms with Crippen LogP contribution in [0.1, 0.15) is 85.0 Å². The number of hydrogen-bond acceptors (Lipinski definition) is 7. The number of allylic oxidation sites excluding steroid dienone is 6. The third kappa shape index (κ3) is 4.97. The van der Waals surface area contributed by atoms with Crippen molar-refractivity contribution in [1.82, 2.24) is 14.9 Å². The molecule has 7 heteroatoms. The summed E-state index contributed by atoms with van der Waals surface area (Å²) in [5.41, 5.74) is 2.79.